The number of benzene rings is 1. The lowest BCUT2D eigenvalue weighted by Gasteiger charge is -2.01. The van der Waals surface area contributed by atoms with Crippen LogP contribution in [0.15, 0.2) is 23.3 Å². The van der Waals surface area contributed by atoms with Crippen LogP contribution in [0.2, 0.25) is 0 Å². The molecule has 0 aliphatic rings. The monoisotopic (exact) mass is 254 g/mol. The molecule has 0 radical (unpaired) electrons. The summed E-state index contributed by atoms with van der Waals surface area (Å²) in [7, 11) is 1.46. The number of hydrogen-bond acceptors (Lipinski definition) is 7. The highest BCUT2D eigenvalue weighted by molar-refractivity contribution is 5.72. The van der Waals surface area contributed by atoms with Crippen LogP contribution in [0.4, 0.5) is 17.1 Å². The minimum atomic E-state index is -0.827. The van der Waals surface area contributed by atoms with E-state index in [1.807, 2.05) is 0 Å². The van der Waals surface area contributed by atoms with Crippen LogP contribution in [0.3, 0.4) is 0 Å². The Balaban J connectivity index is 3.07. The van der Waals surface area contributed by atoms with Gasteiger partial charge in [-0.05, 0) is 6.07 Å². The van der Waals surface area contributed by atoms with Gasteiger partial charge in [-0.25, -0.2) is 0 Å². The van der Waals surface area contributed by atoms with E-state index in [-0.39, 0.29) is 12.3 Å². The molecule has 1 aromatic carbocycles. The van der Waals surface area contributed by atoms with Crippen molar-refractivity contribution >= 4 is 23.3 Å². The first-order valence-corrected chi connectivity index (χ1v) is 4.76. The molecular weight excluding hydrogens is 244 g/mol. The van der Waals surface area contributed by atoms with Gasteiger partial charge in [0.05, 0.1) is 22.7 Å². The Morgan fingerprint density at radius 1 is 1.39 bits per heavy atom. The first-order chi connectivity index (χ1) is 8.57. The van der Waals surface area contributed by atoms with Crippen molar-refractivity contribution in [2.75, 3.05) is 19.1 Å². The fraction of sp³-hybridized carbons (Fsp3) is 0.222. The number of ether oxygens (including phenoxy) is 1. The van der Waals surface area contributed by atoms with Crippen molar-refractivity contribution < 1.29 is 14.6 Å². The molecule has 0 atom stereocenters. The molecule has 0 saturated heterocycles. The highest BCUT2D eigenvalue weighted by Crippen LogP contribution is 2.34. The Labute approximate surface area is 101 Å². The van der Waals surface area contributed by atoms with Gasteiger partial charge < -0.3 is 4.74 Å². The molecule has 0 aliphatic heterocycles. The molecule has 1 N–H and O–H groups in total. The van der Waals surface area contributed by atoms with Gasteiger partial charge in [0.2, 0.25) is 0 Å². The van der Waals surface area contributed by atoms with Crippen LogP contribution in [-0.2, 0) is 4.74 Å². The van der Waals surface area contributed by atoms with Crippen molar-refractivity contribution in [1.82, 2.24) is 0 Å². The van der Waals surface area contributed by atoms with Gasteiger partial charge in [-0.15, -0.1) is 0 Å². The van der Waals surface area contributed by atoms with Crippen molar-refractivity contribution in [1.29, 1.82) is 0 Å². The molecule has 1 aromatic rings. The molecule has 0 unspecified atom stereocenters. The van der Waals surface area contributed by atoms with Crippen molar-refractivity contribution in [3.05, 3.63) is 38.4 Å². The summed E-state index contributed by atoms with van der Waals surface area (Å²) >= 11 is 0. The van der Waals surface area contributed by atoms with Crippen LogP contribution >= 0.6 is 0 Å². The maximum absolute atomic E-state index is 10.8. The smallest absolute Gasteiger partial charge is 0.370 e. The lowest BCUT2D eigenvalue weighted by Crippen LogP contribution is -2.01. The number of methoxy groups -OCH3 is 1. The molecule has 0 amide bonds. The number of nitro benzene ring substituents is 2. The minimum Gasteiger partial charge on any atom is -0.379 e. The molecule has 0 aromatic heterocycles. The molecule has 96 valence electrons. The van der Waals surface area contributed by atoms with Gasteiger partial charge in [0.25, 0.3) is 0 Å². The zero-order valence-corrected chi connectivity index (χ0v) is 9.40. The Kier molecular flexibility index (Phi) is 4.69. The van der Waals surface area contributed by atoms with Crippen molar-refractivity contribution in [3.63, 3.8) is 0 Å². The number of nitrogens with one attached hydrogen (secondary N) is 1. The second kappa shape index (κ2) is 6.25. The summed E-state index contributed by atoms with van der Waals surface area (Å²) in [5.74, 6) is 0. The maximum atomic E-state index is 10.8. The highest BCUT2D eigenvalue weighted by atomic mass is 16.6. The average Bonchev–Trinajstić information content (AvgIpc) is 2.33. The van der Waals surface area contributed by atoms with Crippen LogP contribution in [0.25, 0.3) is 0 Å². The Morgan fingerprint density at radius 3 is 2.67 bits per heavy atom. The summed E-state index contributed by atoms with van der Waals surface area (Å²) in [6.07, 6.45) is 1.34. The highest BCUT2D eigenvalue weighted by Gasteiger charge is 2.27. The van der Waals surface area contributed by atoms with Gasteiger partial charge in [0.15, 0.2) is 0 Å². The molecule has 0 fully saturated rings. The number of hydrazone groups is 1. The van der Waals surface area contributed by atoms with E-state index in [1.165, 1.54) is 25.5 Å². The lowest BCUT2D eigenvalue weighted by atomic mass is 10.2. The van der Waals surface area contributed by atoms with Crippen molar-refractivity contribution in [2.24, 2.45) is 5.10 Å². The Bertz CT molecular complexity index is 488. The summed E-state index contributed by atoms with van der Waals surface area (Å²) < 4.78 is 4.69. The van der Waals surface area contributed by atoms with Crippen LogP contribution < -0.4 is 5.43 Å². The molecule has 9 heteroatoms. The van der Waals surface area contributed by atoms with Gasteiger partial charge >= 0.3 is 11.4 Å². The molecule has 0 heterocycles. The van der Waals surface area contributed by atoms with Gasteiger partial charge in [-0.2, -0.15) is 5.10 Å². The fourth-order valence-corrected chi connectivity index (χ4v) is 1.19. The number of hydrogen-bond donors (Lipinski definition) is 1. The molecule has 1 rings (SSSR count). The van der Waals surface area contributed by atoms with Crippen molar-refractivity contribution in [2.45, 2.75) is 0 Å². The zero-order valence-electron chi connectivity index (χ0n) is 9.40. The predicted octanol–water partition coefficient (Wildman–Crippen LogP) is 1.55. The van der Waals surface area contributed by atoms with Gasteiger partial charge in [-0.3, -0.25) is 25.7 Å². The van der Waals surface area contributed by atoms with E-state index in [4.69, 9.17) is 0 Å². The summed E-state index contributed by atoms with van der Waals surface area (Å²) in [6.45, 7) is 0.218. The lowest BCUT2D eigenvalue weighted by molar-refractivity contribution is -0.421. The number of rotatable bonds is 6. The topological polar surface area (TPSA) is 120 Å². The standard InChI is InChI=1S/C9H10N4O5/c1-18-6-5-10-11-7-3-2-4-8(12(14)15)9(7)13(16)17/h2-5,11H,6H2,1H3. The number of nitro groups is 2. The van der Waals surface area contributed by atoms with Crippen LogP contribution in [-0.4, -0.2) is 29.8 Å². The molecular formula is C9H10N4O5. The summed E-state index contributed by atoms with van der Waals surface area (Å²) in [5, 5.41) is 25.1. The normalized spacial score (nSPS) is 10.5. The summed E-state index contributed by atoms with van der Waals surface area (Å²) in [4.78, 5) is 19.8. The van der Waals surface area contributed by atoms with E-state index in [1.54, 1.807) is 0 Å². The third kappa shape index (κ3) is 3.22. The van der Waals surface area contributed by atoms with Crippen LogP contribution in [0.5, 0.6) is 0 Å². The molecule has 0 spiro atoms. The first-order valence-electron chi connectivity index (χ1n) is 4.76. The van der Waals surface area contributed by atoms with E-state index < -0.39 is 21.2 Å². The molecule has 18 heavy (non-hydrogen) atoms. The van der Waals surface area contributed by atoms with Crippen LogP contribution in [0, 0.1) is 20.2 Å². The Morgan fingerprint density at radius 2 is 2.11 bits per heavy atom. The fourth-order valence-electron chi connectivity index (χ4n) is 1.19. The van der Waals surface area contributed by atoms with Gasteiger partial charge in [0, 0.05) is 13.2 Å². The van der Waals surface area contributed by atoms with E-state index >= 15 is 0 Å². The van der Waals surface area contributed by atoms with E-state index in [0.717, 1.165) is 6.07 Å². The summed E-state index contributed by atoms with van der Waals surface area (Å²) in [6, 6.07) is 3.72. The van der Waals surface area contributed by atoms with Gasteiger partial charge in [-0.1, -0.05) is 6.07 Å². The molecule has 0 saturated carbocycles. The second-order valence-electron chi connectivity index (χ2n) is 3.07. The van der Waals surface area contributed by atoms with Gasteiger partial charge in [0.1, 0.15) is 5.69 Å². The molecule has 0 aliphatic carbocycles. The predicted molar refractivity (Wildman–Crippen MR) is 63.7 cm³/mol. The van der Waals surface area contributed by atoms with E-state index in [2.05, 4.69) is 15.3 Å². The minimum absolute atomic E-state index is 0.0541. The largest absolute Gasteiger partial charge is 0.379 e. The number of anilines is 1. The second-order valence-corrected chi connectivity index (χ2v) is 3.07. The average molecular weight is 254 g/mol. The van der Waals surface area contributed by atoms with Crippen molar-refractivity contribution in [3.8, 4) is 0 Å². The zero-order chi connectivity index (χ0) is 13.5. The quantitative estimate of drug-likeness (QED) is 0.467. The third-order valence-electron chi connectivity index (χ3n) is 1.91. The van der Waals surface area contributed by atoms with Crippen LogP contribution in [0.1, 0.15) is 0 Å². The van der Waals surface area contributed by atoms with E-state index in [9.17, 15) is 20.2 Å². The molecule has 9 nitrogen and oxygen atoms in total. The van der Waals surface area contributed by atoms with E-state index in [0.29, 0.717) is 0 Å². The number of para-hydroxylation sites is 1. The SMILES string of the molecule is COCC=NNc1cccc([N+](=O)[O-])c1[N+](=O)[O-]. The number of nitrogens with zero attached hydrogens (tertiary/aromatic N) is 3. The summed E-state index contributed by atoms with van der Waals surface area (Å²) in [5.41, 5.74) is 1.10. The maximum Gasteiger partial charge on any atom is 0.370 e. The molecule has 0 bridgehead atoms. The third-order valence-corrected chi connectivity index (χ3v) is 1.91. The first kappa shape index (κ1) is 13.5. The Hall–Kier alpha value is -2.55.